The van der Waals surface area contributed by atoms with E-state index in [1.54, 1.807) is 47.7 Å². The van der Waals surface area contributed by atoms with Crippen LogP contribution in [-0.4, -0.2) is 36.0 Å². The van der Waals surface area contributed by atoms with Crippen LogP contribution in [0, 0.1) is 13.7 Å². The van der Waals surface area contributed by atoms with Gasteiger partial charge in [-0.15, -0.1) is 0 Å². The van der Waals surface area contributed by atoms with Gasteiger partial charge in [0.25, 0.3) is 16.8 Å². The number of hydrogen-bond acceptors (Lipinski definition) is 10. The van der Waals surface area contributed by atoms with Crippen LogP contribution in [0.1, 0.15) is 30.0 Å². The van der Waals surface area contributed by atoms with Gasteiger partial charge in [-0.25, -0.2) is 14.6 Å². The third-order valence-corrected chi connectivity index (χ3v) is 8.02. The minimum atomic E-state index is -1.99. The number of nitrogens with zero attached hydrogens (tertiary/aromatic N) is 4. The number of nitro benzene ring substituents is 1. The molecule has 6 rings (SSSR count). The molecule has 3 aromatic heterocycles. The molecular weight excluding hydrogens is 653 g/mol. The molecule has 0 bridgehead atoms. The van der Waals surface area contributed by atoms with Gasteiger partial charge in [0.1, 0.15) is 13.2 Å². The van der Waals surface area contributed by atoms with Crippen molar-refractivity contribution in [2.45, 2.75) is 38.6 Å². The quantitative estimate of drug-likeness (QED) is 0.125. The molecule has 0 amide bonds. The molecule has 0 saturated carbocycles. The number of halogens is 1. The maximum Gasteiger partial charge on any atom is 0.355 e. The van der Waals surface area contributed by atoms with Crippen LogP contribution in [0.2, 0.25) is 0 Å². The molecule has 2 aliphatic rings. The van der Waals surface area contributed by atoms with E-state index in [0.717, 1.165) is 4.57 Å². The lowest BCUT2D eigenvalue weighted by Crippen LogP contribution is -2.48. The second-order valence-corrected chi connectivity index (χ2v) is 10.7. The van der Waals surface area contributed by atoms with Gasteiger partial charge in [-0.1, -0.05) is 13.0 Å². The predicted octanol–water partition coefficient (Wildman–Crippen LogP) is 1.69. The second-order valence-electron chi connectivity index (χ2n) is 9.51. The lowest BCUT2D eigenvalue weighted by Gasteiger charge is -2.35. The van der Waals surface area contributed by atoms with Crippen molar-refractivity contribution in [2.75, 3.05) is 0 Å². The lowest BCUT2D eigenvalue weighted by molar-refractivity contribution is -0.383. The lowest BCUT2D eigenvalue weighted by atomic mass is 9.85. The van der Waals surface area contributed by atoms with Crippen molar-refractivity contribution in [1.29, 1.82) is 0 Å². The van der Waals surface area contributed by atoms with Gasteiger partial charge in [0.2, 0.25) is 5.60 Å². The molecule has 1 N–H and O–H groups in total. The minimum Gasteiger partial charge on any atom is -0.457 e. The topological polar surface area (TPSA) is 185 Å². The van der Waals surface area contributed by atoms with E-state index in [4.69, 9.17) is 9.47 Å². The van der Waals surface area contributed by atoms with E-state index < -0.39 is 45.8 Å². The maximum absolute atomic E-state index is 13.7. The number of cyclic esters (lactones) is 1. The Balaban J connectivity index is 1.46. The fourth-order valence-corrected chi connectivity index (χ4v) is 5.74. The molecule has 41 heavy (non-hydrogen) atoms. The molecule has 0 unspecified atom stereocenters. The van der Waals surface area contributed by atoms with Crippen LogP contribution in [0.3, 0.4) is 0 Å². The number of rotatable bonds is 5. The van der Waals surface area contributed by atoms with Gasteiger partial charge < -0.3 is 14.0 Å². The Kier molecular flexibility index (Phi) is 6.13. The van der Waals surface area contributed by atoms with E-state index in [0.29, 0.717) is 27.9 Å². The first kappa shape index (κ1) is 26.5. The smallest absolute Gasteiger partial charge is 0.355 e. The number of carbonyl (C=O) groups is 2. The average molecular weight is 671 g/mol. The Labute approximate surface area is 241 Å². The molecular formula is C26H18IN5O9. The number of nitro groups is 1. The van der Waals surface area contributed by atoms with Gasteiger partial charge in [0, 0.05) is 23.4 Å². The Morgan fingerprint density at radius 1 is 1.27 bits per heavy atom. The summed E-state index contributed by atoms with van der Waals surface area (Å²) in [4.78, 5) is 81.5. The Morgan fingerprint density at radius 2 is 2.05 bits per heavy atom. The van der Waals surface area contributed by atoms with Gasteiger partial charge in [-0.2, -0.15) is 0 Å². The number of fused-ring (bicyclic) bond motifs is 5. The molecule has 0 radical (unpaired) electrons. The van der Waals surface area contributed by atoms with Crippen LogP contribution in [0.15, 0.2) is 50.9 Å². The molecule has 5 heterocycles. The van der Waals surface area contributed by atoms with Gasteiger partial charge >= 0.3 is 17.6 Å². The van der Waals surface area contributed by atoms with Crippen molar-refractivity contribution in [1.82, 2.24) is 19.1 Å². The molecule has 0 fully saturated rings. The fourth-order valence-electron chi connectivity index (χ4n) is 5.27. The number of aromatic amines is 1. The maximum atomic E-state index is 13.7. The largest absolute Gasteiger partial charge is 0.457 e. The van der Waals surface area contributed by atoms with E-state index in [-0.39, 0.29) is 40.0 Å². The zero-order valence-corrected chi connectivity index (χ0v) is 23.3. The van der Waals surface area contributed by atoms with E-state index >= 15 is 0 Å². The molecule has 1 aromatic carbocycles. The molecule has 0 aliphatic carbocycles. The number of nitrogens with one attached hydrogen (secondary N) is 1. The van der Waals surface area contributed by atoms with Crippen LogP contribution >= 0.6 is 22.6 Å². The minimum absolute atomic E-state index is 0.0876. The first-order chi connectivity index (χ1) is 19.5. The molecule has 208 valence electrons. The highest BCUT2D eigenvalue weighted by molar-refractivity contribution is 14.1. The third-order valence-electron chi connectivity index (χ3n) is 7.25. The zero-order chi connectivity index (χ0) is 29.2. The number of ether oxygens (including phenoxy) is 2. The van der Waals surface area contributed by atoms with Crippen LogP contribution in [0.25, 0.3) is 22.3 Å². The summed E-state index contributed by atoms with van der Waals surface area (Å²) in [6.07, 6.45) is 1.10. The second kappa shape index (κ2) is 9.46. The third kappa shape index (κ3) is 4.06. The standard InChI is InChI=1S/C26H18IN5O9/c1-2-26(41-20(33)10-30-9-16(27)22(34)29-25(30)37)15-7-19-21-12(8-31(19)23(35)14(15)11-40-24(26)36)6-13-17(28-21)4-3-5-18(13)32(38)39/h3-7,9H,2,8,10-11H2,1H3,(H,29,34,37)/t26-/m0/s1. The first-order valence-corrected chi connectivity index (χ1v) is 13.3. The molecule has 15 heteroatoms. The summed E-state index contributed by atoms with van der Waals surface area (Å²) in [5.74, 6) is -1.85. The summed E-state index contributed by atoms with van der Waals surface area (Å²) in [6.45, 7) is 0.714. The summed E-state index contributed by atoms with van der Waals surface area (Å²) in [5.41, 5.74) is -2.10. The summed E-state index contributed by atoms with van der Waals surface area (Å²) in [6, 6.07) is 7.70. The van der Waals surface area contributed by atoms with Crippen molar-refractivity contribution in [3.63, 3.8) is 0 Å². The van der Waals surface area contributed by atoms with Crippen molar-refractivity contribution in [3.05, 3.63) is 98.1 Å². The average Bonchev–Trinajstić information content (AvgIpc) is 3.29. The number of non-ortho nitro benzene ring substituents is 1. The van der Waals surface area contributed by atoms with Crippen LogP contribution in [0.5, 0.6) is 0 Å². The highest BCUT2D eigenvalue weighted by Crippen LogP contribution is 2.41. The van der Waals surface area contributed by atoms with Crippen molar-refractivity contribution >= 4 is 51.1 Å². The number of carbonyl (C=O) groups excluding carboxylic acids is 2. The van der Waals surface area contributed by atoms with Gasteiger partial charge in [-0.05, 0) is 47.2 Å². The highest BCUT2D eigenvalue weighted by atomic mass is 127. The van der Waals surface area contributed by atoms with Gasteiger partial charge in [0.05, 0.1) is 42.9 Å². The van der Waals surface area contributed by atoms with Crippen molar-refractivity contribution in [2.24, 2.45) is 0 Å². The summed E-state index contributed by atoms with van der Waals surface area (Å²) < 4.78 is 13.5. The van der Waals surface area contributed by atoms with Crippen LogP contribution in [0.4, 0.5) is 5.69 Å². The SMILES string of the molecule is CC[C@@]1(OC(=O)Cn2cc(I)c(=O)[nH]c2=O)C(=O)OCc2c1cc1n(c2=O)Cc2cc3c([N+](=O)[O-])cccc3nc2-1. The number of hydrogen-bond donors (Lipinski definition) is 1. The summed E-state index contributed by atoms with van der Waals surface area (Å²) >= 11 is 1.71. The molecule has 4 aromatic rings. The van der Waals surface area contributed by atoms with Gasteiger partial charge in [-0.3, -0.25) is 34.0 Å². The molecule has 14 nitrogen and oxygen atoms in total. The van der Waals surface area contributed by atoms with E-state index in [2.05, 4.69) is 9.97 Å². The monoisotopic (exact) mass is 671 g/mol. The molecule has 0 spiro atoms. The Morgan fingerprint density at radius 3 is 2.78 bits per heavy atom. The number of esters is 2. The summed E-state index contributed by atoms with van der Waals surface area (Å²) in [5, 5.41) is 11.9. The molecule has 1 atom stereocenters. The van der Waals surface area contributed by atoms with E-state index in [9.17, 15) is 34.1 Å². The summed E-state index contributed by atoms with van der Waals surface area (Å²) in [7, 11) is 0. The molecule has 0 saturated heterocycles. The molecule has 2 aliphatic heterocycles. The van der Waals surface area contributed by atoms with Crippen molar-refractivity contribution < 1.29 is 24.0 Å². The fraction of sp³-hybridized carbons (Fsp3) is 0.231. The number of H-pyrrole nitrogens is 1. The Hall–Kier alpha value is -4.67. The van der Waals surface area contributed by atoms with E-state index in [1.807, 2.05) is 0 Å². The van der Waals surface area contributed by atoms with Crippen LogP contribution in [-0.2, 0) is 44.4 Å². The van der Waals surface area contributed by atoms with Crippen LogP contribution < -0.4 is 16.8 Å². The Bertz CT molecular complexity index is 2030. The normalized spacial score (nSPS) is 17.0. The number of pyridine rings is 2. The first-order valence-electron chi connectivity index (χ1n) is 12.3. The number of aromatic nitrogens is 4. The van der Waals surface area contributed by atoms with Gasteiger partial charge in [0.15, 0.2) is 0 Å². The highest BCUT2D eigenvalue weighted by Gasteiger charge is 2.50. The zero-order valence-electron chi connectivity index (χ0n) is 21.1. The van der Waals surface area contributed by atoms with Crippen molar-refractivity contribution in [3.8, 4) is 11.4 Å². The number of benzene rings is 1. The van der Waals surface area contributed by atoms with E-state index in [1.165, 1.54) is 22.9 Å². The predicted molar refractivity (Wildman–Crippen MR) is 149 cm³/mol.